The number of aryl methyl sites for hydroxylation is 1. The topological polar surface area (TPSA) is 51.7 Å². The van der Waals surface area contributed by atoms with Crippen molar-refractivity contribution < 1.29 is 14.3 Å². The predicted octanol–water partition coefficient (Wildman–Crippen LogP) is 5.11. The van der Waals surface area contributed by atoms with E-state index in [0.29, 0.717) is 19.7 Å². The standard InChI is InChI=1S/C25H26N2O3S/c1-19-26-21(18-31-19)17-29-24-9-5-6-20(16-24)10-11-25(28)27-14-12-23(13-15-27)30-22-7-3-2-4-8-22/h2-11,16,18,23H,12-15,17H2,1H3/b11-10+. The van der Waals surface area contributed by atoms with E-state index < -0.39 is 0 Å². The summed E-state index contributed by atoms with van der Waals surface area (Å²) in [6, 6.07) is 17.6. The van der Waals surface area contributed by atoms with Gasteiger partial charge in [0.1, 0.15) is 24.2 Å². The first kappa shape index (κ1) is 21.1. The molecule has 0 aliphatic carbocycles. The molecule has 2 heterocycles. The second-order valence-electron chi connectivity index (χ2n) is 7.51. The number of carbonyl (C=O) groups excluding carboxylic acids is 1. The number of benzene rings is 2. The van der Waals surface area contributed by atoms with Crippen molar-refractivity contribution in [1.82, 2.24) is 9.88 Å². The van der Waals surface area contributed by atoms with E-state index in [9.17, 15) is 4.79 Å². The third-order valence-electron chi connectivity index (χ3n) is 5.13. The van der Waals surface area contributed by atoms with Crippen molar-refractivity contribution in [2.24, 2.45) is 0 Å². The molecule has 0 spiro atoms. The van der Waals surface area contributed by atoms with E-state index in [2.05, 4.69) is 4.98 Å². The molecule has 6 heteroatoms. The van der Waals surface area contributed by atoms with Gasteiger partial charge in [0.2, 0.25) is 5.91 Å². The van der Waals surface area contributed by atoms with Crippen LogP contribution in [0.4, 0.5) is 0 Å². The van der Waals surface area contributed by atoms with Crippen molar-refractivity contribution in [3.63, 3.8) is 0 Å². The fraction of sp³-hybridized carbons (Fsp3) is 0.280. The lowest BCUT2D eigenvalue weighted by atomic mass is 10.1. The molecule has 1 aromatic heterocycles. The number of hydrogen-bond acceptors (Lipinski definition) is 5. The zero-order chi connectivity index (χ0) is 21.5. The number of thiazole rings is 1. The summed E-state index contributed by atoms with van der Waals surface area (Å²) < 4.78 is 11.8. The minimum atomic E-state index is 0.0300. The molecule has 0 atom stereocenters. The number of carbonyl (C=O) groups is 1. The van der Waals surface area contributed by atoms with Gasteiger partial charge in [-0.3, -0.25) is 4.79 Å². The van der Waals surface area contributed by atoms with Crippen molar-refractivity contribution in [3.05, 3.63) is 82.3 Å². The van der Waals surface area contributed by atoms with Crippen LogP contribution in [-0.4, -0.2) is 35.0 Å². The van der Waals surface area contributed by atoms with E-state index in [4.69, 9.17) is 9.47 Å². The van der Waals surface area contributed by atoms with Gasteiger partial charge in [0.05, 0.1) is 10.7 Å². The number of amides is 1. The maximum absolute atomic E-state index is 12.6. The third kappa shape index (κ3) is 6.18. The zero-order valence-corrected chi connectivity index (χ0v) is 18.4. The smallest absolute Gasteiger partial charge is 0.246 e. The fourth-order valence-corrected chi connectivity index (χ4v) is 4.10. The van der Waals surface area contributed by atoms with Gasteiger partial charge in [-0.1, -0.05) is 30.3 Å². The fourth-order valence-electron chi connectivity index (χ4n) is 3.50. The molecule has 1 aliphatic rings. The second kappa shape index (κ2) is 10.3. The maximum Gasteiger partial charge on any atom is 0.246 e. The highest BCUT2D eigenvalue weighted by atomic mass is 32.1. The summed E-state index contributed by atoms with van der Waals surface area (Å²) in [7, 11) is 0. The lowest BCUT2D eigenvalue weighted by molar-refractivity contribution is -0.127. The van der Waals surface area contributed by atoms with Gasteiger partial charge in [-0.15, -0.1) is 11.3 Å². The molecule has 1 fully saturated rings. The Morgan fingerprint density at radius 2 is 1.90 bits per heavy atom. The van der Waals surface area contributed by atoms with Gasteiger partial charge < -0.3 is 14.4 Å². The van der Waals surface area contributed by atoms with E-state index in [1.54, 1.807) is 17.4 Å². The quantitative estimate of drug-likeness (QED) is 0.485. The third-order valence-corrected chi connectivity index (χ3v) is 5.95. The number of aromatic nitrogens is 1. The minimum Gasteiger partial charge on any atom is -0.490 e. The number of ether oxygens (including phenoxy) is 2. The Labute approximate surface area is 187 Å². The second-order valence-corrected chi connectivity index (χ2v) is 8.57. The summed E-state index contributed by atoms with van der Waals surface area (Å²) in [5.74, 6) is 1.68. The number of rotatable bonds is 7. The molecule has 4 rings (SSSR count). The molecule has 5 nitrogen and oxygen atoms in total. The van der Waals surface area contributed by atoms with Gasteiger partial charge in [0.15, 0.2) is 0 Å². The molecule has 1 aliphatic heterocycles. The number of hydrogen-bond donors (Lipinski definition) is 0. The van der Waals surface area contributed by atoms with Crippen molar-refractivity contribution in [1.29, 1.82) is 0 Å². The zero-order valence-electron chi connectivity index (χ0n) is 17.6. The average molecular weight is 435 g/mol. The van der Waals surface area contributed by atoms with Gasteiger partial charge in [0, 0.05) is 37.4 Å². The predicted molar refractivity (Wildman–Crippen MR) is 123 cm³/mol. The first-order valence-corrected chi connectivity index (χ1v) is 11.4. The molecule has 0 radical (unpaired) electrons. The largest absolute Gasteiger partial charge is 0.490 e. The molecule has 31 heavy (non-hydrogen) atoms. The molecular weight excluding hydrogens is 408 g/mol. The molecule has 0 N–H and O–H groups in total. The molecule has 0 unspecified atom stereocenters. The van der Waals surface area contributed by atoms with E-state index >= 15 is 0 Å². The maximum atomic E-state index is 12.6. The highest BCUT2D eigenvalue weighted by molar-refractivity contribution is 7.09. The molecule has 2 aromatic carbocycles. The van der Waals surface area contributed by atoms with Crippen molar-refractivity contribution in [2.75, 3.05) is 13.1 Å². The molecule has 0 saturated carbocycles. The van der Waals surface area contributed by atoms with Crippen LogP contribution in [0, 0.1) is 6.92 Å². The van der Waals surface area contributed by atoms with Crippen LogP contribution in [0.5, 0.6) is 11.5 Å². The molecular formula is C25H26N2O3S. The monoisotopic (exact) mass is 434 g/mol. The van der Waals surface area contributed by atoms with E-state index in [1.165, 1.54) is 0 Å². The lowest BCUT2D eigenvalue weighted by Gasteiger charge is -2.31. The van der Waals surface area contributed by atoms with Gasteiger partial charge in [-0.2, -0.15) is 0 Å². The van der Waals surface area contributed by atoms with Crippen molar-refractivity contribution >= 4 is 23.3 Å². The van der Waals surface area contributed by atoms with Crippen LogP contribution in [0.1, 0.15) is 29.1 Å². The van der Waals surface area contributed by atoms with Gasteiger partial charge >= 0.3 is 0 Å². The number of nitrogens with zero attached hydrogens (tertiary/aromatic N) is 2. The van der Waals surface area contributed by atoms with Crippen LogP contribution >= 0.6 is 11.3 Å². The van der Waals surface area contributed by atoms with E-state index in [1.807, 2.05) is 77.9 Å². The van der Waals surface area contributed by atoms with Crippen LogP contribution in [0.15, 0.2) is 66.1 Å². The summed E-state index contributed by atoms with van der Waals surface area (Å²) in [4.78, 5) is 18.9. The Balaban J connectivity index is 1.26. The Morgan fingerprint density at radius 3 is 2.65 bits per heavy atom. The number of piperidine rings is 1. The molecule has 160 valence electrons. The Kier molecular flexibility index (Phi) is 6.99. The Bertz CT molecular complexity index is 1020. The van der Waals surface area contributed by atoms with Crippen LogP contribution in [-0.2, 0) is 11.4 Å². The van der Waals surface area contributed by atoms with Gasteiger partial charge in [0.25, 0.3) is 0 Å². The number of likely N-dealkylation sites (tertiary alicyclic amines) is 1. The molecule has 3 aromatic rings. The molecule has 1 amide bonds. The van der Waals surface area contributed by atoms with E-state index in [-0.39, 0.29) is 12.0 Å². The molecule has 0 bridgehead atoms. The van der Waals surface area contributed by atoms with Crippen LogP contribution < -0.4 is 9.47 Å². The van der Waals surface area contributed by atoms with Crippen LogP contribution in [0.3, 0.4) is 0 Å². The number of para-hydroxylation sites is 1. The summed E-state index contributed by atoms with van der Waals surface area (Å²) in [6.07, 6.45) is 5.32. The van der Waals surface area contributed by atoms with Crippen molar-refractivity contribution in [3.8, 4) is 11.5 Å². The highest BCUT2D eigenvalue weighted by Gasteiger charge is 2.22. The van der Waals surface area contributed by atoms with Crippen LogP contribution in [0.25, 0.3) is 6.08 Å². The van der Waals surface area contributed by atoms with E-state index in [0.717, 1.165) is 40.6 Å². The summed E-state index contributed by atoms with van der Waals surface area (Å²) in [5.41, 5.74) is 1.86. The Hall–Kier alpha value is -3.12. The summed E-state index contributed by atoms with van der Waals surface area (Å²) in [5, 5.41) is 3.04. The summed E-state index contributed by atoms with van der Waals surface area (Å²) >= 11 is 1.62. The first-order valence-electron chi connectivity index (χ1n) is 10.5. The summed E-state index contributed by atoms with van der Waals surface area (Å²) in [6.45, 7) is 3.83. The van der Waals surface area contributed by atoms with Gasteiger partial charge in [-0.25, -0.2) is 4.98 Å². The SMILES string of the molecule is Cc1nc(COc2cccc(/C=C/C(=O)N3CCC(Oc4ccccc4)CC3)c2)cs1. The Morgan fingerprint density at radius 1 is 1.13 bits per heavy atom. The molecule has 1 saturated heterocycles. The van der Waals surface area contributed by atoms with Crippen LogP contribution in [0.2, 0.25) is 0 Å². The van der Waals surface area contributed by atoms with Gasteiger partial charge in [-0.05, 0) is 42.8 Å². The first-order chi connectivity index (χ1) is 15.2. The highest BCUT2D eigenvalue weighted by Crippen LogP contribution is 2.20. The average Bonchev–Trinajstić information content (AvgIpc) is 3.23. The minimum absolute atomic E-state index is 0.0300. The normalized spacial score (nSPS) is 14.7. The lowest BCUT2D eigenvalue weighted by Crippen LogP contribution is -2.41. The van der Waals surface area contributed by atoms with Crippen molar-refractivity contribution in [2.45, 2.75) is 32.5 Å².